The number of aromatic nitrogens is 1. The minimum Gasteiger partial charge on any atom is -0.385 e. The second-order valence-corrected chi connectivity index (χ2v) is 11.5. The quantitative estimate of drug-likeness (QED) is 0.145. The lowest BCUT2D eigenvalue weighted by Crippen LogP contribution is -2.44. The van der Waals surface area contributed by atoms with E-state index in [4.69, 9.17) is 4.74 Å². The number of nitrogens with one attached hydrogen (secondary N) is 1. The fourth-order valence-electron chi connectivity index (χ4n) is 5.54. The van der Waals surface area contributed by atoms with Gasteiger partial charge < -0.3 is 24.4 Å². The molecule has 0 saturated heterocycles. The number of para-hydroxylation sites is 1. The number of amides is 2. The number of rotatable bonds is 14. The van der Waals surface area contributed by atoms with Gasteiger partial charge in [-0.1, -0.05) is 72.8 Å². The van der Waals surface area contributed by atoms with Crippen molar-refractivity contribution >= 4 is 28.4 Å². The smallest absolute Gasteiger partial charge is 0.254 e. The second-order valence-electron chi connectivity index (χ2n) is 11.5. The zero-order valence-corrected chi connectivity index (χ0v) is 26.4. The summed E-state index contributed by atoms with van der Waals surface area (Å²) in [6, 6.07) is 34.2. The van der Waals surface area contributed by atoms with E-state index in [0.717, 1.165) is 38.8 Å². The Labute approximate surface area is 266 Å². The van der Waals surface area contributed by atoms with Crippen LogP contribution in [0, 0.1) is 0 Å². The largest absolute Gasteiger partial charge is 0.385 e. The number of nitrogens with zero attached hydrogens (tertiary/aromatic N) is 3. The van der Waals surface area contributed by atoms with E-state index in [1.54, 1.807) is 12.0 Å². The van der Waals surface area contributed by atoms with E-state index in [2.05, 4.69) is 46.3 Å². The van der Waals surface area contributed by atoms with Gasteiger partial charge in [0.25, 0.3) is 5.91 Å². The van der Waals surface area contributed by atoms with Crippen molar-refractivity contribution in [1.29, 1.82) is 0 Å². The average molecular weight is 603 g/mol. The number of hydrogen-bond donors (Lipinski definition) is 1. The van der Waals surface area contributed by atoms with E-state index < -0.39 is 0 Å². The molecule has 0 radical (unpaired) electrons. The Kier molecular flexibility index (Phi) is 10.7. The molecule has 0 aliphatic heterocycles. The maximum Gasteiger partial charge on any atom is 0.254 e. The number of anilines is 1. The van der Waals surface area contributed by atoms with Crippen LogP contribution in [0.2, 0.25) is 0 Å². The van der Waals surface area contributed by atoms with Gasteiger partial charge in [0.2, 0.25) is 5.91 Å². The van der Waals surface area contributed by atoms with E-state index in [0.29, 0.717) is 44.6 Å². The summed E-state index contributed by atoms with van der Waals surface area (Å²) in [5.41, 5.74) is 7.08. The highest BCUT2D eigenvalue weighted by atomic mass is 16.5. The molecule has 0 spiro atoms. The third-order valence-corrected chi connectivity index (χ3v) is 8.13. The van der Waals surface area contributed by atoms with Crippen LogP contribution in [0.5, 0.6) is 0 Å². The van der Waals surface area contributed by atoms with Gasteiger partial charge in [-0.25, -0.2) is 0 Å². The maximum absolute atomic E-state index is 14.0. The molecule has 5 aromatic rings. The van der Waals surface area contributed by atoms with E-state index in [1.165, 1.54) is 0 Å². The molecule has 0 saturated carbocycles. The van der Waals surface area contributed by atoms with Crippen LogP contribution < -0.4 is 4.90 Å². The van der Waals surface area contributed by atoms with Crippen molar-refractivity contribution in [3.63, 3.8) is 0 Å². The third kappa shape index (κ3) is 8.19. The molecule has 0 aliphatic carbocycles. The topological polar surface area (TPSA) is 68.9 Å². The fourth-order valence-corrected chi connectivity index (χ4v) is 5.54. The highest BCUT2D eigenvalue weighted by Gasteiger charge is 2.23. The number of hydrogen-bond acceptors (Lipinski definition) is 4. The van der Waals surface area contributed by atoms with Crippen LogP contribution >= 0.6 is 0 Å². The minimum absolute atomic E-state index is 0.00729. The summed E-state index contributed by atoms with van der Waals surface area (Å²) < 4.78 is 5.28. The van der Waals surface area contributed by atoms with E-state index in [1.807, 2.05) is 91.9 Å². The number of H-pyrrole nitrogens is 1. The molecule has 1 aromatic heterocycles. The summed E-state index contributed by atoms with van der Waals surface area (Å²) in [6.07, 6.45) is 3.36. The molecule has 0 bridgehead atoms. The standard InChI is InChI=1S/C38H42N4O3/c1-40(2)34-20-14-29(15-21-34)27-41(24-22-33-26-39-36-13-8-7-12-35(33)36)37(43)28-42(23-9-25-45-3)38(44)32-18-16-31(17-19-32)30-10-5-4-6-11-30/h4-8,10-21,26,39H,9,22-25,27-28H2,1-3H3. The van der Waals surface area contributed by atoms with Gasteiger partial charge in [0.05, 0.1) is 0 Å². The highest BCUT2D eigenvalue weighted by molar-refractivity contribution is 5.97. The van der Waals surface area contributed by atoms with Crippen molar-refractivity contribution in [3.8, 4) is 11.1 Å². The van der Waals surface area contributed by atoms with E-state index >= 15 is 0 Å². The molecule has 0 aliphatic rings. The average Bonchev–Trinajstić information content (AvgIpc) is 3.49. The molecule has 2 amide bonds. The summed E-state index contributed by atoms with van der Waals surface area (Å²) in [5.74, 6) is -0.246. The van der Waals surface area contributed by atoms with Gasteiger partial charge in [-0.15, -0.1) is 0 Å². The van der Waals surface area contributed by atoms with Crippen molar-refractivity contribution in [2.45, 2.75) is 19.4 Å². The van der Waals surface area contributed by atoms with Crippen molar-refractivity contribution in [2.75, 3.05) is 52.3 Å². The molecule has 0 fully saturated rings. The first-order valence-electron chi connectivity index (χ1n) is 15.5. The molecule has 1 N–H and O–H groups in total. The molecular formula is C38H42N4O3. The van der Waals surface area contributed by atoms with Crippen LogP contribution in [0.3, 0.4) is 0 Å². The number of benzene rings is 4. The lowest BCUT2D eigenvalue weighted by Gasteiger charge is -2.28. The Morgan fingerprint density at radius 1 is 0.756 bits per heavy atom. The van der Waals surface area contributed by atoms with Crippen molar-refractivity contribution in [2.24, 2.45) is 0 Å². The van der Waals surface area contributed by atoms with E-state index in [-0.39, 0.29) is 18.4 Å². The molecule has 5 rings (SSSR count). The Balaban J connectivity index is 1.35. The number of methoxy groups -OCH3 is 1. The Hall–Kier alpha value is -4.88. The predicted molar refractivity (Wildman–Crippen MR) is 182 cm³/mol. The third-order valence-electron chi connectivity index (χ3n) is 8.13. The Bertz CT molecular complexity index is 1680. The molecule has 232 valence electrons. The molecule has 0 atom stereocenters. The minimum atomic E-state index is -0.161. The van der Waals surface area contributed by atoms with Crippen molar-refractivity contribution < 1.29 is 14.3 Å². The van der Waals surface area contributed by atoms with Gasteiger partial charge in [0.15, 0.2) is 0 Å². The first-order valence-corrected chi connectivity index (χ1v) is 15.5. The van der Waals surface area contributed by atoms with Gasteiger partial charge in [-0.2, -0.15) is 0 Å². The SMILES string of the molecule is COCCCN(CC(=O)N(CCc1c[nH]c2ccccc12)Cc1ccc(N(C)C)cc1)C(=O)c1ccc(-c2ccccc2)cc1. The van der Waals surface area contributed by atoms with Crippen LogP contribution in [0.25, 0.3) is 22.0 Å². The molecule has 7 heteroatoms. The van der Waals surface area contributed by atoms with Crippen LogP contribution in [-0.4, -0.2) is 74.0 Å². The molecule has 7 nitrogen and oxygen atoms in total. The van der Waals surface area contributed by atoms with Gasteiger partial charge >= 0.3 is 0 Å². The number of ether oxygens (including phenoxy) is 1. The molecule has 0 unspecified atom stereocenters. The predicted octanol–water partition coefficient (Wildman–Crippen LogP) is 6.65. The number of carbonyl (C=O) groups is 2. The van der Waals surface area contributed by atoms with Gasteiger partial charge in [-0.3, -0.25) is 9.59 Å². The summed E-state index contributed by atoms with van der Waals surface area (Å²) in [7, 11) is 5.67. The Morgan fingerprint density at radius 3 is 2.16 bits per heavy atom. The molecular weight excluding hydrogens is 560 g/mol. The van der Waals surface area contributed by atoms with Crippen LogP contribution in [0.4, 0.5) is 5.69 Å². The first kappa shape index (κ1) is 31.5. The van der Waals surface area contributed by atoms with Crippen molar-refractivity contribution in [1.82, 2.24) is 14.8 Å². The highest BCUT2D eigenvalue weighted by Crippen LogP contribution is 2.22. The number of fused-ring (bicyclic) bond motifs is 1. The van der Waals surface area contributed by atoms with E-state index in [9.17, 15) is 9.59 Å². The number of aromatic amines is 1. The normalized spacial score (nSPS) is 11.0. The second kappa shape index (κ2) is 15.2. The van der Waals surface area contributed by atoms with Crippen LogP contribution in [0.15, 0.2) is 109 Å². The first-order chi connectivity index (χ1) is 21.9. The maximum atomic E-state index is 14.0. The summed E-state index contributed by atoms with van der Waals surface area (Å²) in [6.45, 7) is 1.91. The van der Waals surface area contributed by atoms with Gasteiger partial charge in [0.1, 0.15) is 6.54 Å². The molecule has 4 aromatic carbocycles. The van der Waals surface area contributed by atoms with Crippen LogP contribution in [-0.2, 0) is 22.5 Å². The zero-order valence-electron chi connectivity index (χ0n) is 26.4. The fraction of sp³-hybridized carbons (Fsp3) is 0.263. The number of carbonyl (C=O) groups excluding carboxylic acids is 2. The lowest BCUT2D eigenvalue weighted by molar-refractivity contribution is -0.132. The zero-order chi connectivity index (χ0) is 31.6. The Morgan fingerprint density at radius 2 is 1.44 bits per heavy atom. The van der Waals surface area contributed by atoms with Gasteiger partial charge in [0, 0.05) is 75.8 Å². The van der Waals surface area contributed by atoms with Crippen LogP contribution in [0.1, 0.15) is 27.9 Å². The molecule has 1 heterocycles. The van der Waals surface area contributed by atoms with Crippen molar-refractivity contribution in [3.05, 3.63) is 126 Å². The van der Waals surface area contributed by atoms with Gasteiger partial charge in [-0.05, 0) is 65.4 Å². The lowest BCUT2D eigenvalue weighted by atomic mass is 10.0. The molecule has 45 heavy (non-hydrogen) atoms. The summed E-state index contributed by atoms with van der Waals surface area (Å²) in [4.78, 5) is 36.8. The summed E-state index contributed by atoms with van der Waals surface area (Å²) >= 11 is 0. The summed E-state index contributed by atoms with van der Waals surface area (Å²) in [5, 5.41) is 1.16. The monoisotopic (exact) mass is 602 g/mol.